The highest BCUT2D eigenvalue weighted by Gasteiger charge is 2.43. The quantitative estimate of drug-likeness (QED) is 0.680. The van der Waals surface area contributed by atoms with E-state index in [0.29, 0.717) is 0 Å². The van der Waals surface area contributed by atoms with E-state index in [2.05, 4.69) is 5.32 Å². The number of fused-ring (bicyclic) bond motifs is 1. The summed E-state index contributed by atoms with van der Waals surface area (Å²) in [6.07, 6.45) is 2.26. The molecule has 6 nitrogen and oxygen atoms in total. The fraction of sp³-hybridized carbons (Fsp3) is 0.667. The van der Waals surface area contributed by atoms with Gasteiger partial charge in [0.05, 0.1) is 12.5 Å². The van der Waals surface area contributed by atoms with Gasteiger partial charge in [0.2, 0.25) is 0 Å². The first-order valence-corrected chi connectivity index (χ1v) is 6.03. The molecule has 2 aliphatic rings. The molecule has 3 N–H and O–H groups in total. The molecule has 0 aromatic carbocycles. The minimum atomic E-state index is -1.04. The molecule has 3 atom stereocenters. The maximum atomic E-state index is 11.2. The number of methoxy groups -OCH3 is 1. The van der Waals surface area contributed by atoms with E-state index in [-0.39, 0.29) is 30.2 Å². The van der Waals surface area contributed by atoms with Gasteiger partial charge in [0.25, 0.3) is 0 Å². The molecule has 0 amide bonds. The van der Waals surface area contributed by atoms with Gasteiger partial charge in [0.1, 0.15) is 5.70 Å². The lowest BCUT2D eigenvalue weighted by molar-refractivity contribution is -0.138. The summed E-state index contributed by atoms with van der Waals surface area (Å²) in [5.74, 6) is -1.99. The molecule has 100 valence electrons. The van der Waals surface area contributed by atoms with Crippen LogP contribution in [0.2, 0.25) is 0 Å². The maximum Gasteiger partial charge on any atom is 0.352 e. The fourth-order valence-corrected chi connectivity index (χ4v) is 3.02. The predicted molar refractivity (Wildman–Crippen MR) is 62.0 cm³/mol. The molecule has 6 heteroatoms. The van der Waals surface area contributed by atoms with Gasteiger partial charge < -0.3 is 20.3 Å². The minimum absolute atomic E-state index is 0.0362. The van der Waals surface area contributed by atoms with Crippen LogP contribution in [0.3, 0.4) is 0 Å². The maximum absolute atomic E-state index is 11.2. The van der Waals surface area contributed by atoms with E-state index in [9.17, 15) is 14.7 Å². The number of ether oxygens (including phenoxy) is 1. The van der Waals surface area contributed by atoms with Gasteiger partial charge in [-0.2, -0.15) is 0 Å². The molecule has 0 saturated heterocycles. The third-order valence-electron chi connectivity index (χ3n) is 3.72. The number of carboxylic acids is 2. The monoisotopic (exact) mass is 255 g/mol. The van der Waals surface area contributed by atoms with Gasteiger partial charge in [-0.1, -0.05) is 0 Å². The van der Waals surface area contributed by atoms with Gasteiger partial charge in [-0.15, -0.1) is 0 Å². The standard InChI is InChI=1S/C12H17NO5/c1-18-8-4-2-3-6-7(5-9(14)15)13-11(10(6)8)12(16)17/h6-8,13H,2-5H2,1H3,(H,14,15)(H,16,17)/t6-,7+,8+/m1/s1. The molecule has 0 unspecified atom stereocenters. The van der Waals surface area contributed by atoms with Crippen molar-refractivity contribution < 1.29 is 24.5 Å². The van der Waals surface area contributed by atoms with E-state index in [0.717, 1.165) is 24.8 Å². The molecule has 18 heavy (non-hydrogen) atoms. The number of nitrogens with one attached hydrogen (secondary N) is 1. The fourth-order valence-electron chi connectivity index (χ4n) is 3.02. The van der Waals surface area contributed by atoms with Crippen molar-refractivity contribution in [1.82, 2.24) is 5.32 Å². The molecule has 1 saturated carbocycles. The van der Waals surface area contributed by atoms with E-state index < -0.39 is 11.9 Å². The first kappa shape index (κ1) is 12.9. The first-order chi connectivity index (χ1) is 8.54. The van der Waals surface area contributed by atoms with Crippen molar-refractivity contribution in [1.29, 1.82) is 0 Å². The molecule has 0 aromatic rings. The van der Waals surface area contributed by atoms with Crippen molar-refractivity contribution in [2.24, 2.45) is 5.92 Å². The van der Waals surface area contributed by atoms with E-state index in [1.807, 2.05) is 0 Å². The highest BCUT2D eigenvalue weighted by atomic mass is 16.5. The van der Waals surface area contributed by atoms with Crippen molar-refractivity contribution in [3.8, 4) is 0 Å². The number of aliphatic carboxylic acids is 2. The Kier molecular flexibility index (Phi) is 3.56. The number of carbonyl (C=O) groups is 2. The van der Waals surface area contributed by atoms with Crippen LogP contribution < -0.4 is 5.32 Å². The van der Waals surface area contributed by atoms with E-state index >= 15 is 0 Å². The van der Waals surface area contributed by atoms with Gasteiger partial charge in [-0.3, -0.25) is 4.79 Å². The van der Waals surface area contributed by atoms with Crippen molar-refractivity contribution in [3.05, 3.63) is 11.3 Å². The van der Waals surface area contributed by atoms with Crippen LogP contribution in [0, 0.1) is 5.92 Å². The molecule has 1 aliphatic carbocycles. The summed E-state index contributed by atoms with van der Waals surface area (Å²) in [5.41, 5.74) is 0.875. The lowest BCUT2D eigenvalue weighted by atomic mass is 9.79. The smallest absolute Gasteiger partial charge is 0.352 e. The summed E-state index contributed by atoms with van der Waals surface area (Å²) in [6, 6.07) is -0.332. The summed E-state index contributed by atoms with van der Waals surface area (Å²) in [7, 11) is 1.56. The summed E-state index contributed by atoms with van der Waals surface area (Å²) in [4.78, 5) is 22.0. The van der Waals surface area contributed by atoms with Crippen LogP contribution in [0.1, 0.15) is 25.7 Å². The Morgan fingerprint density at radius 2 is 2.11 bits per heavy atom. The molecule has 0 aromatic heterocycles. The molecular formula is C12H17NO5. The molecule has 1 aliphatic heterocycles. The van der Waals surface area contributed by atoms with E-state index in [1.54, 1.807) is 7.11 Å². The molecule has 2 rings (SSSR count). The minimum Gasteiger partial charge on any atom is -0.481 e. The van der Waals surface area contributed by atoms with Gasteiger partial charge >= 0.3 is 11.9 Å². The van der Waals surface area contributed by atoms with Gasteiger partial charge in [-0.05, 0) is 24.8 Å². The van der Waals surface area contributed by atoms with Gasteiger partial charge in [0, 0.05) is 19.1 Å². The number of carboxylic acid groups (broad SMARTS) is 2. The molecule has 1 heterocycles. The Labute approximate surface area is 105 Å². The Bertz CT molecular complexity index is 403. The third kappa shape index (κ3) is 2.20. The Morgan fingerprint density at radius 3 is 2.67 bits per heavy atom. The van der Waals surface area contributed by atoms with Crippen LogP contribution in [-0.4, -0.2) is 41.4 Å². The highest BCUT2D eigenvalue weighted by Crippen LogP contribution is 2.40. The van der Waals surface area contributed by atoms with Crippen molar-refractivity contribution in [3.63, 3.8) is 0 Å². The summed E-state index contributed by atoms with van der Waals surface area (Å²) in [5, 5.41) is 20.9. The summed E-state index contributed by atoms with van der Waals surface area (Å²) < 4.78 is 5.33. The van der Waals surface area contributed by atoms with Crippen LogP contribution in [-0.2, 0) is 14.3 Å². The zero-order valence-electron chi connectivity index (χ0n) is 10.2. The normalized spacial score (nSPS) is 30.8. The van der Waals surface area contributed by atoms with Gasteiger partial charge in [0.15, 0.2) is 0 Å². The second-order valence-electron chi connectivity index (χ2n) is 4.75. The molecular weight excluding hydrogens is 238 g/mol. The van der Waals surface area contributed by atoms with Crippen molar-refractivity contribution in [2.45, 2.75) is 37.8 Å². The average molecular weight is 255 g/mol. The van der Waals surface area contributed by atoms with Crippen molar-refractivity contribution in [2.75, 3.05) is 7.11 Å². The van der Waals surface area contributed by atoms with Gasteiger partial charge in [-0.25, -0.2) is 4.79 Å². The predicted octanol–water partition coefficient (Wildman–Crippen LogP) is 0.587. The number of hydrogen-bond acceptors (Lipinski definition) is 4. The molecule has 1 fully saturated rings. The average Bonchev–Trinajstić information content (AvgIpc) is 2.67. The Morgan fingerprint density at radius 1 is 1.39 bits per heavy atom. The largest absolute Gasteiger partial charge is 0.481 e. The molecule has 0 spiro atoms. The van der Waals surface area contributed by atoms with Crippen molar-refractivity contribution >= 4 is 11.9 Å². The number of rotatable bonds is 4. The lowest BCUT2D eigenvalue weighted by Crippen LogP contribution is -2.34. The zero-order valence-corrected chi connectivity index (χ0v) is 10.2. The SMILES string of the molecule is CO[C@H]1CCC[C@H]2C1=C(C(=O)O)N[C@H]2CC(=O)O. The van der Waals surface area contributed by atoms with E-state index in [1.165, 1.54) is 0 Å². The van der Waals surface area contributed by atoms with Crippen LogP contribution in [0.15, 0.2) is 11.3 Å². The van der Waals surface area contributed by atoms with Crippen LogP contribution >= 0.6 is 0 Å². The third-order valence-corrected chi connectivity index (χ3v) is 3.72. The summed E-state index contributed by atoms with van der Waals surface area (Å²) >= 11 is 0. The molecule has 0 radical (unpaired) electrons. The van der Waals surface area contributed by atoms with Crippen LogP contribution in [0.4, 0.5) is 0 Å². The second kappa shape index (κ2) is 4.97. The topological polar surface area (TPSA) is 95.9 Å². The molecule has 0 bridgehead atoms. The number of hydrogen-bond donors (Lipinski definition) is 3. The van der Waals surface area contributed by atoms with Crippen LogP contribution in [0.25, 0.3) is 0 Å². The summed E-state index contributed by atoms with van der Waals surface area (Å²) in [6.45, 7) is 0. The second-order valence-corrected chi connectivity index (χ2v) is 4.75. The highest BCUT2D eigenvalue weighted by molar-refractivity contribution is 5.88. The zero-order chi connectivity index (χ0) is 13.3. The first-order valence-electron chi connectivity index (χ1n) is 6.03. The van der Waals surface area contributed by atoms with E-state index in [4.69, 9.17) is 9.84 Å². The lowest BCUT2D eigenvalue weighted by Gasteiger charge is -2.30. The van der Waals surface area contributed by atoms with Crippen LogP contribution in [0.5, 0.6) is 0 Å². The Hall–Kier alpha value is -1.56. The Balaban J connectivity index is 2.29.